The number of hydrogen-bond acceptors (Lipinski definition) is 1. The monoisotopic (exact) mass is 268 g/mol. The fourth-order valence-corrected chi connectivity index (χ4v) is 2.33. The predicted molar refractivity (Wildman–Crippen MR) is 79.3 cm³/mol. The van der Waals surface area contributed by atoms with E-state index in [2.05, 4.69) is 6.92 Å². The van der Waals surface area contributed by atoms with Gasteiger partial charge in [0, 0.05) is 16.1 Å². The van der Waals surface area contributed by atoms with E-state index in [1.165, 1.54) is 0 Å². The molecule has 1 nitrogen and oxygen atoms in total. The van der Waals surface area contributed by atoms with Crippen molar-refractivity contribution in [2.24, 2.45) is 0 Å². The van der Waals surface area contributed by atoms with E-state index < -0.39 is 0 Å². The molecule has 0 fully saturated rings. The fourth-order valence-electron chi connectivity index (χ4n) is 2.14. The van der Waals surface area contributed by atoms with E-state index >= 15 is 0 Å². The van der Waals surface area contributed by atoms with Crippen molar-refractivity contribution < 1.29 is 4.42 Å². The molecule has 3 rings (SSSR count). The summed E-state index contributed by atoms with van der Waals surface area (Å²) in [6.07, 6.45) is 0. The van der Waals surface area contributed by atoms with Crippen LogP contribution >= 0.6 is 11.6 Å². The molecule has 0 amide bonds. The van der Waals surface area contributed by atoms with Gasteiger partial charge in [-0.1, -0.05) is 54.1 Å². The number of furan rings is 1. The van der Waals surface area contributed by atoms with Crippen LogP contribution in [0.15, 0.2) is 65.1 Å². The summed E-state index contributed by atoms with van der Waals surface area (Å²) in [5, 5.41) is 0.716. The molecule has 94 valence electrons. The predicted octanol–water partition coefficient (Wildman–Crippen LogP) is 5.58. The minimum Gasteiger partial charge on any atom is -0.456 e. The second-order valence-electron chi connectivity index (χ2n) is 4.50. The van der Waals surface area contributed by atoms with Crippen molar-refractivity contribution in [3.8, 4) is 22.6 Å². The first kappa shape index (κ1) is 12.1. The lowest BCUT2D eigenvalue weighted by atomic mass is 10.1. The Morgan fingerprint density at radius 3 is 2.32 bits per heavy atom. The van der Waals surface area contributed by atoms with E-state index in [1.807, 2.05) is 60.7 Å². The highest BCUT2D eigenvalue weighted by molar-refractivity contribution is 6.30. The van der Waals surface area contributed by atoms with Gasteiger partial charge >= 0.3 is 0 Å². The first-order valence-electron chi connectivity index (χ1n) is 6.16. The average molecular weight is 269 g/mol. The van der Waals surface area contributed by atoms with Crippen molar-refractivity contribution in [3.63, 3.8) is 0 Å². The molecule has 2 aromatic carbocycles. The fraction of sp³-hybridized carbons (Fsp3) is 0.0588. The molecule has 0 aliphatic heterocycles. The van der Waals surface area contributed by atoms with Crippen molar-refractivity contribution in [2.75, 3.05) is 0 Å². The minimum atomic E-state index is 0.716. The SMILES string of the molecule is Cc1cc(-c2cccc(Cl)c2)oc1-c1ccccc1. The molecule has 2 heteroatoms. The van der Waals surface area contributed by atoms with Crippen molar-refractivity contribution in [2.45, 2.75) is 6.92 Å². The molecular weight excluding hydrogens is 256 g/mol. The number of halogens is 1. The van der Waals surface area contributed by atoms with Crippen molar-refractivity contribution in [1.29, 1.82) is 0 Å². The van der Waals surface area contributed by atoms with Crippen LogP contribution in [0.5, 0.6) is 0 Å². The molecule has 1 aromatic heterocycles. The zero-order valence-electron chi connectivity index (χ0n) is 10.6. The Hall–Kier alpha value is -1.99. The summed E-state index contributed by atoms with van der Waals surface area (Å²) in [6.45, 7) is 2.06. The van der Waals surface area contributed by atoms with Gasteiger partial charge in [-0.2, -0.15) is 0 Å². The second-order valence-corrected chi connectivity index (χ2v) is 4.94. The first-order chi connectivity index (χ1) is 9.24. The molecular formula is C17H13ClO. The molecule has 0 bridgehead atoms. The van der Waals surface area contributed by atoms with E-state index in [-0.39, 0.29) is 0 Å². The van der Waals surface area contributed by atoms with Crippen LogP contribution in [0.25, 0.3) is 22.6 Å². The lowest BCUT2D eigenvalue weighted by Gasteiger charge is -1.99. The van der Waals surface area contributed by atoms with Gasteiger partial charge in [-0.3, -0.25) is 0 Å². The van der Waals surface area contributed by atoms with Gasteiger partial charge in [0.2, 0.25) is 0 Å². The van der Waals surface area contributed by atoms with Crippen LogP contribution in [0.1, 0.15) is 5.56 Å². The maximum absolute atomic E-state index is 6.02. The quantitative estimate of drug-likeness (QED) is 0.592. The molecule has 1 heterocycles. The van der Waals surface area contributed by atoms with Crippen LogP contribution in [0.4, 0.5) is 0 Å². The molecule has 3 aromatic rings. The van der Waals surface area contributed by atoms with Crippen LogP contribution in [0.2, 0.25) is 5.02 Å². The standard InChI is InChI=1S/C17H13ClO/c1-12-10-16(14-8-5-9-15(18)11-14)19-17(12)13-6-3-2-4-7-13/h2-11H,1H3. The van der Waals surface area contributed by atoms with E-state index in [0.29, 0.717) is 5.02 Å². The Labute approximate surface area is 117 Å². The van der Waals surface area contributed by atoms with Crippen LogP contribution in [-0.4, -0.2) is 0 Å². The molecule has 19 heavy (non-hydrogen) atoms. The second kappa shape index (κ2) is 4.94. The summed E-state index contributed by atoms with van der Waals surface area (Å²) in [7, 11) is 0. The molecule has 0 aliphatic rings. The zero-order chi connectivity index (χ0) is 13.2. The summed E-state index contributed by atoms with van der Waals surface area (Å²) < 4.78 is 5.98. The third-order valence-corrected chi connectivity index (χ3v) is 3.30. The van der Waals surface area contributed by atoms with E-state index in [0.717, 1.165) is 28.2 Å². The van der Waals surface area contributed by atoms with Crippen molar-refractivity contribution >= 4 is 11.6 Å². The molecule has 0 atom stereocenters. The normalized spacial score (nSPS) is 10.6. The Morgan fingerprint density at radius 1 is 0.842 bits per heavy atom. The number of aryl methyl sites for hydroxylation is 1. The third-order valence-electron chi connectivity index (χ3n) is 3.06. The summed E-state index contributed by atoms with van der Waals surface area (Å²) in [6, 6.07) is 19.9. The average Bonchev–Trinajstić information content (AvgIpc) is 2.82. The third kappa shape index (κ3) is 2.42. The largest absolute Gasteiger partial charge is 0.456 e. The van der Waals surface area contributed by atoms with Crippen LogP contribution in [0, 0.1) is 6.92 Å². The highest BCUT2D eigenvalue weighted by Gasteiger charge is 2.11. The van der Waals surface area contributed by atoms with Crippen molar-refractivity contribution in [1.82, 2.24) is 0 Å². The van der Waals surface area contributed by atoms with Gasteiger partial charge in [0.25, 0.3) is 0 Å². The van der Waals surface area contributed by atoms with Gasteiger partial charge in [-0.25, -0.2) is 0 Å². The molecule has 0 radical (unpaired) electrons. The molecule has 0 saturated heterocycles. The van der Waals surface area contributed by atoms with E-state index in [4.69, 9.17) is 16.0 Å². The van der Waals surface area contributed by atoms with Crippen molar-refractivity contribution in [3.05, 3.63) is 71.2 Å². The van der Waals surface area contributed by atoms with Gasteiger partial charge < -0.3 is 4.42 Å². The Kier molecular flexibility index (Phi) is 3.14. The van der Waals surface area contributed by atoms with Gasteiger partial charge in [0.1, 0.15) is 11.5 Å². The Balaban J connectivity index is 2.07. The van der Waals surface area contributed by atoms with Gasteiger partial charge in [-0.05, 0) is 30.7 Å². The highest BCUT2D eigenvalue weighted by atomic mass is 35.5. The number of benzene rings is 2. The molecule has 0 N–H and O–H groups in total. The lowest BCUT2D eigenvalue weighted by Crippen LogP contribution is -1.75. The van der Waals surface area contributed by atoms with E-state index in [9.17, 15) is 0 Å². The summed E-state index contributed by atoms with van der Waals surface area (Å²) >= 11 is 6.02. The van der Waals surface area contributed by atoms with Gasteiger partial charge in [0.05, 0.1) is 0 Å². The maximum Gasteiger partial charge on any atom is 0.137 e. The summed E-state index contributed by atoms with van der Waals surface area (Å²) in [5.74, 6) is 1.76. The first-order valence-corrected chi connectivity index (χ1v) is 6.53. The summed E-state index contributed by atoms with van der Waals surface area (Å²) in [5.41, 5.74) is 3.22. The topological polar surface area (TPSA) is 13.1 Å². The molecule has 0 saturated carbocycles. The Bertz CT molecular complexity index is 698. The van der Waals surface area contributed by atoms with Gasteiger partial charge in [-0.15, -0.1) is 0 Å². The van der Waals surface area contributed by atoms with Gasteiger partial charge in [0.15, 0.2) is 0 Å². The molecule has 0 spiro atoms. The smallest absolute Gasteiger partial charge is 0.137 e. The number of hydrogen-bond donors (Lipinski definition) is 0. The lowest BCUT2D eigenvalue weighted by molar-refractivity contribution is 0.596. The minimum absolute atomic E-state index is 0.716. The molecule has 0 aliphatic carbocycles. The Morgan fingerprint density at radius 2 is 1.58 bits per heavy atom. The van der Waals surface area contributed by atoms with Crippen LogP contribution in [0.3, 0.4) is 0 Å². The zero-order valence-corrected chi connectivity index (χ0v) is 11.3. The van der Waals surface area contributed by atoms with Crippen LogP contribution < -0.4 is 0 Å². The maximum atomic E-state index is 6.02. The number of rotatable bonds is 2. The van der Waals surface area contributed by atoms with E-state index in [1.54, 1.807) is 0 Å². The highest BCUT2D eigenvalue weighted by Crippen LogP contribution is 2.32. The van der Waals surface area contributed by atoms with Crippen LogP contribution in [-0.2, 0) is 0 Å². The summed E-state index contributed by atoms with van der Waals surface area (Å²) in [4.78, 5) is 0. The molecule has 0 unspecified atom stereocenters.